The van der Waals surface area contributed by atoms with E-state index in [9.17, 15) is 9.59 Å². The van der Waals surface area contributed by atoms with Gasteiger partial charge in [0.05, 0.1) is 4.47 Å². The second-order valence-corrected chi connectivity index (χ2v) is 10.5. The van der Waals surface area contributed by atoms with Crippen molar-refractivity contribution in [2.24, 2.45) is 5.92 Å². The van der Waals surface area contributed by atoms with Gasteiger partial charge in [0.2, 0.25) is 5.91 Å². The van der Waals surface area contributed by atoms with Crippen LogP contribution in [0.2, 0.25) is 5.02 Å². The Hall–Kier alpha value is -2.83. The molecule has 0 aliphatic heterocycles. The zero-order chi connectivity index (χ0) is 26.1. The maximum atomic E-state index is 13.6. The number of carbonyl (C=O) groups is 2. The summed E-state index contributed by atoms with van der Waals surface area (Å²) >= 11 is 9.46. The van der Waals surface area contributed by atoms with Crippen molar-refractivity contribution < 1.29 is 14.3 Å². The molecule has 0 fully saturated rings. The number of nitrogens with zero attached hydrogens (tertiary/aromatic N) is 1. The SMILES string of the molecule is Cc1cccc(CN(C(=O)COc2ccc(Cl)cc2Br)[C@H](Cc2ccccc2)C(=O)NCC(C)C)c1. The van der Waals surface area contributed by atoms with Gasteiger partial charge in [0, 0.05) is 24.5 Å². The molecule has 0 spiro atoms. The number of aryl methyl sites for hydroxylation is 1. The summed E-state index contributed by atoms with van der Waals surface area (Å²) in [6, 6.07) is 22.1. The molecule has 0 saturated carbocycles. The summed E-state index contributed by atoms with van der Waals surface area (Å²) in [7, 11) is 0. The van der Waals surface area contributed by atoms with Gasteiger partial charge >= 0.3 is 0 Å². The Morgan fingerprint density at radius 1 is 1.00 bits per heavy atom. The standard InChI is InChI=1S/C29H32BrClN2O3/c1-20(2)17-32-29(35)26(15-22-9-5-4-6-10-22)33(18-23-11-7-8-21(3)14-23)28(34)19-36-27-13-12-24(31)16-25(27)30/h4-14,16,20,26H,15,17-19H2,1-3H3,(H,32,35)/t26-/m1/s1. The van der Waals surface area contributed by atoms with Crippen LogP contribution in [-0.2, 0) is 22.6 Å². The van der Waals surface area contributed by atoms with Crippen molar-refractivity contribution in [3.8, 4) is 5.75 Å². The van der Waals surface area contributed by atoms with Gasteiger partial charge in [-0.25, -0.2) is 0 Å². The van der Waals surface area contributed by atoms with Crippen LogP contribution in [0.4, 0.5) is 0 Å². The number of benzene rings is 3. The number of amides is 2. The first-order chi connectivity index (χ1) is 17.2. The lowest BCUT2D eigenvalue weighted by Gasteiger charge is -2.32. The summed E-state index contributed by atoms with van der Waals surface area (Å²) in [5.74, 6) is 0.338. The molecule has 0 bridgehead atoms. The van der Waals surface area contributed by atoms with Gasteiger partial charge < -0.3 is 15.0 Å². The predicted molar refractivity (Wildman–Crippen MR) is 148 cm³/mol. The van der Waals surface area contributed by atoms with E-state index in [4.69, 9.17) is 16.3 Å². The Balaban J connectivity index is 1.91. The van der Waals surface area contributed by atoms with E-state index in [1.807, 2.05) is 75.4 Å². The molecule has 0 heterocycles. The highest BCUT2D eigenvalue weighted by Gasteiger charge is 2.31. The zero-order valence-corrected chi connectivity index (χ0v) is 23.2. The highest BCUT2D eigenvalue weighted by atomic mass is 79.9. The third kappa shape index (κ3) is 8.38. The Labute approximate surface area is 226 Å². The van der Waals surface area contributed by atoms with Crippen LogP contribution in [-0.4, -0.2) is 35.9 Å². The summed E-state index contributed by atoms with van der Waals surface area (Å²) in [4.78, 5) is 28.7. The minimum absolute atomic E-state index is 0.179. The average Bonchev–Trinajstić information content (AvgIpc) is 2.84. The van der Waals surface area contributed by atoms with Crippen molar-refractivity contribution in [3.63, 3.8) is 0 Å². The molecule has 5 nitrogen and oxygen atoms in total. The number of ether oxygens (including phenoxy) is 1. The van der Waals surface area contributed by atoms with Gasteiger partial charge in [-0.1, -0.05) is 85.6 Å². The lowest BCUT2D eigenvalue weighted by molar-refractivity contribution is -0.142. The van der Waals surface area contributed by atoms with E-state index in [1.165, 1.54) is 0 Å². The van der Waals surface area contributed by atoms with Crippen LogP contribution in [0.25, 0.3) is 0 Å². The van der Waals surface area contributed by atoms with E-state index >= 15 is 0 Å². The van der Waals surface area contributed by atoms with Crippen LogP contribution >= 0.6 is 27.5 Å². The van der Waals surface area contributed by atoms with E-state index < -0.39 is 6.04 Å². The Kier molecular flexibility index (Phi) is 10.4. The molecule has 2 amide bonds. The van der Waals surface area contributed by atoms with E-state index in [2.05, 4.69) is 21.2 Å². The first kappa shape index (κ1) is 27.8. The maximum Gasteiger partial charge on any atom is 0.261 e. The van der Waals surface area contributed by atoms with Crippen LogP contribution in [0.15, 0.2) is 77.3 Å². The average molecular weight is 572 g/mol. The highest BCUT2D eigenvalue weighted by molar-refractivity contribution is 9.10. The number of halogens is 2. The first-order valence-electron chi connectivity index (χ1n) is 12.0. The fraction of sp³-hybridized carbons (Fsp3) is 0.310. The van der Waals surface area contributed by atoms with E-state index in [1.54, 1.807) is 23.1 Å². The van der Waals surface area contributed by atoms with E-state index in [-0.39, 0.29) is 30.9 Å². The first-order valence-corrected chi connectivity index (χ1v) is 13.1. The van der Waals surface area contributed by atoms with Gasteiger partial charge in [0.25, 0.3) is 5.91 Å². The van der Waals surface area contributed by atoms with Crippen LogP contribution in [0.3, 0.4) is 0 Å². The fourth-order valence-corrected chi connectivity index (χ4v) is 4.60. The molecule has 0 aliphatic rings. The second kappa shape index (κ2) is 13.5. The van der Waals surface area contributed by atoms with Gasteiger partial charge in [0.15, 0.2) is 6.61 Å². The number of hydrogen-bond donors (Lipinski definition) is 1. The molecule has 0 unspecified atom stereocenters. The van der Waals surface area contributed by atoms with Crippen molar-refractivity contribution in [2.75, 3.05) is 13.2 Å². The number of rotatable bonds is 11. The molecular formula is C29H32BrClN2O3. The minimum atomic E-state index is -0.698. The molecule has 0 aromatic heterocycles. The summed E-state index contributed by atoms with van der Waals surface area (Å²) in [5.41, 5.74) is 3.02. The van der Waals surface area contributed by atoms with Gasteiger partial charge in [-0.3, -0.25) is 9.59 Å². The highest BCUT2D eigenvalue weighted by Crippen LogP contribution is 2.28. The summed E-state index contributed by atoms with van der Waals surface area (Å²) in [5, 5.41) is 3.59. The van der Waals surface area contributed by atoms with Gasteiger partial charge in [-0.2, -0.15) is 0 Å². The Bertz CT molecular complexity index is 1170. The van der Waals surface area contributed by atoms with Gasteiger partial charge in [-0.05, 0) is 58.1 Å². The molecule has 1 N–H and O–H groups in total. The monoisotopic (exact) mass is 570 g/mol. The number of hydrogen-bond acceptors (Lipinski definition) is 3. The van der Waals surface area contributed by atoms with Crippen molar-refractivity contribution >= 4 is 39.3 Å². The quantitative estimate of drug-likeness (QED) is 0.298. The van der Waals surface area contributed by atoms with Crippen LogP contribution in [0, 0.1) is 12.8 Å². The van der Waals surface area contributed by atoms with Crippen LogP contribution < -0.4 is 10.1 Å². The molecule has 0 aliphatic carbocycles. The Morgan fingerprint density at radius 2 is 1.72 bits per heavy atom. The maximum absolute atomic E-state index is 13.6. The molecule has 3 rings (SSSR count). The Morgan fingerprint density at radius 3 is 2.39 bits per heavy atom. The van der Waals surface area contributed by atoms with E-state index in [0.29, 0.717) is 28.2 Å². The molecule has 3 aromatic rings. The zero-order valence-electron chi connectivity index (χ0n) is 20.8. The largest absolute Gasteiger partial charge is 0.483 e. The molecule has 3 aromatic carbocycles. The van der Waals surface area contributed by atoms with Crippen LogP contribution in [0.1, 0.15) is 30.5 Å². The predicted octanol–water partition coefficient (Wildman–Crippen LogP) is 6.20. The summed E-state index contributed by atoms with van der Waals surface area (Å²) < 4.78 is 6.50. The number of nitrogens with one attached hydrogen (secondary N) is 1. The topological polar surface area (TPSA) is 58.6 Å². The third-order valence-corrected chi connectivity index (χ3v) is 6.49. The van der Waals surface area contributed by atoms with Gasteiger partial charge in [0.1, 0.15) is 11.8 Å². The third-order valence-electron chi connectivity index (χ3n) is 5.64. The molecule has 36 heavy (non-hydrogen) atoms. The molecule has 0 radical (unpaired) electrons. The van der Waals surface area contributed by atoms with Crippen LogP contribution in [0.5, 0.6) is 5.75 Å². The lowest BCUT2D eigenvalue weighted by Crippen LogP contribution is -2.52. The molecular weight excluding hydrogens is 540 g/mol. The fourth-order valence-electron chi connectivity index (χ4n) is 3.80. The lowest BCUT2D eigenvalue weighted by atomic mass is 10.0. The van der Waals surface area contributed by atoms with Crippen molar-refractivity contribution in [2.45, 2.75) is 39.8 Å². The van der Waals surface area contributed by atoms with Crippen molar-refractivity contribution in [3.05, 3.63) is 99.0 Å². The minimum Gasteiger partial charge on any atom is -0.483 e. The normalized spacial score (nSPS) is 11.7. The molecule has 190 valence electrons. The molecule has 1 atom stereocenters. The smallest absolute Gasteiger partial charge is 0.261 e. The summed E-state index contributed by atoms with van der Waals surface area (Å²) in [6.07, 6.45) is 0.396. The van der Waals surface area contributed by atoms with Gasteiger partial charge in [-0.15, -0.1) is 0 Å². The van der Waals surface area contributed by atoms with E-state index in [0.717, 1.165) is 16.7 Å². The molecule has 7 heteroatoms. The van der Waals surface area contributed by atoms with Crippen molar-refractivity contribution in [1.82, 2.24) is 10.2 Å². The summed E-state index contributed by atoms with van der Waals surface area (Å²) in [6.45, 7) is 6.70. The van der Waals surface area contributed by atoms with Crippen molar-refractivity contribution in [1.29, 1.82) is 0 Å². The molecule has 0 saturated heterocycles. The second-order valence-electron chi connectivity index (χ2n) is 9.22. The number of carbonyl (C=O) groups excluding carboxylic acids is 2.